The first kappa shape index (κ1) is 23.9. The molecule has 176 valence electrons. The smallest absolute Gasteiger partial charge is 0.343 e. The summed E-state index contributed by atoms with van der Waals surface area (Å²) in [5.74, 6) is -0.630. The summed E-state index contributed by atoms with van der Waals surface area (Å²) < 4.78 is 5.43. The Labute approximate surface area is 206 Å². The van der Waals surface area contributed by atoms with Crippen LogP contribution >= 0.6 is 11.8 Å². The fourth-order valence-electron chi connectivity index (χ4n) is 3.15. The van der Waals surface area contributed by atoms with Gasteiger partial charge in [0, 0.05) is 12.1 Å². The highest BCUT2D eigenvalue weighted by Crippen LogP contribution is 2.23. The molecule has 1 aliphatic heterocycles. The molecule has 0 spiro atoms. The van der Waals surface area contributed by atoms with Crippen LogP contribution in [0.25, 0.3) is 0 Å². The minimum atomic E-state index is -0.586. The number of nitrogens with zero attached hydrogens (tertiary/aromatic N) is 2. The molecule has 1 unspecified atom stereocenters. The van der Waals surface area contributed by atoms with Crippen molar-refractivity contribution in [2.24, 2.45) is 10.2 Å². The van der Waals surface area contributed by atoms with Crippen LogP contribution in [0.4, 0.5) is 5.69 Å². The molecule has 1 saturated heterocycles. The minimum Gasteiger partial charge on any atom is -0.423 e. The molecular weight excluding hydrogens is 464 g/mol. The van der Waals surface area contributed by atoms with Crippen LogP contribution in [0.5, 0.6) is 5.75 Å². The maximum absolute atomic E-state index is 12.3. The van der Waals surface area contributed by atoms with E-state index in [2.05, 4.69) is 20.8 Å². The van der Waals surface area contributed by atoms with Gasteiger partial charge in [-0.3, -0.25) is 9.59 Å². The highest BCUT2D eigenvalue weighted by molar-refractivity contribution is 8.15. The molecule has 3 aromatic carbocycles. The van der Waals surface area contributed by atoms with Crippen LogP contribution in [0.1, 0.15) is 27.9 Å². The number of rotatable bonds is 7. The van der Waals surface area contributed by atoms with Crippen molar-refractivity contribution in [3.8, 4) is 5.75 Å². The Balaban J connectivity index is 1.32. The van der Waals surface area contributed by atoms with E-state index in [0.29, 0.717) is 27.7 Å². The lowest BCUT2D eigenvalue weighted by Gasteiger charge is -2.06. The van der Waals surface area contributed by atoms with Crippen LogP contribution in [0.2, 0.25) is 0 Å². The van der Waals surface area contributed by atoms with E-state index in [-0.39, 0.29) is 18.2 Å². The van der Waals surface area contributed by atoms with E-state index in [1.165, 1.54) is 6.21 Å². The molecule has 2 N–H and O–H groups in total. The van der Waals surface area contributed by atoms with Gasteiger partial charge in [0.15, 0.2) is 5.17 Å². The van der Waals surface area contributed by atoms with Gasteiger partial charge in [-0.25, -0.2) is 4.79 Å². The second kappa shape index (κ2) is 11.3. The summed E-state index contributed by atoms with van der Waals surface area (Å²) in [7, 11) is 0. The van der Waals surface area contributed by atoms with Gasteiger partial charge in [0.05, 0.1) is 11.8 Å². The van der Waals surface area contributed by atoms with E-state index >= 15 is 0 Å². The average molecular weight is 487 g/mol. The lowest BCUT2D eigenvalue weighted by molar-refractivity contribution is -0.122. The van der Waals surface area contributed by atoms with Crippen LogP contribution < -0.4 is 15.4 Å². The quantitative estimate of drug-likeness (QED) is 0.226. The van der Waals surface area contributed by atoms with E-state index in [1.54, 1.807) is 48.5 Å². The average Bonchev–Trinajstić information content (AvgIpc) is 3.19. The molecule has 9 heteroatoms. The summed E-state index contributed by atoms with van der Waals surface area (Å²) in [5.41, 5.74) is 2.85. The van der Waals surface area contributed by atoms with E-state index in [4.69, 9.17) is 4.74 Å². The zero-order valence-corrected chi connectivity index (χ0v) is 19.6. The fraction of sp³-hybridized carbons (Fsp3) is 0.115. The Kier molecular flexibility index (Phi) is 7.69. The third-order valence-electron chi connectivity index (χ3n) is 4.92. The zero-order chi connectivity index (χ0) is 24.6. The van der Waals surface area contributed by atoms with Gasteiger partial charge in [-0.2, -0.15) is 5.10 Å². The van der Waals surface area contributed by atoms with Crippen LogP contribution in [0.15, 0.2) is 89.1 Å². The molecule has 0 aromatic heterocycles. The standard InChI is InChI=1S/C26H22N4O4S/c1-17-10-12-19(13-11-17)25(33)34-21-9-5-6-18(14-21)16-27-30-26-29-24(32)22(35-26)15-23(31)28-20-7-3-2-4-8-20/h2-14,16,22H,15H2,1H3,(H,28,31)(H,29,30,32)/b27-16+. The first-order valence-corrected chi connectivity index (χ1v) is 11.7. The predicted molar refractivity (Wildman–Crippen MR) is 137 cm³/mol. The number of ether oxygens (including phenoxy) is 1. The first-order chi connectivity index (χ1) is 17.0. The number of para-hydroxylation sites is 1. The predicted octanol–water partition coefficient (Wildman–Crippen LogP) is 4.16. The third-order valence-corrected chi connectivity index (χ3v) is 5.99. The monoisotopic (exact) mass is 486 g/mol. The summed E-state index contributed by atoms with van der Waals surface area (Å²) in [4.78, 5) is 36.7. The largest absolute Gasteiger partial charge is 0.423 e. The molecular formula is C26H22N4O4S. The maximum Gasteiger partial charge on any atom is 0.343 e. The number of benzene rings is 3. The Hall–Kier alpha value is -4.24. The number of amides is 2. The van der Waals surface area contributed by atoms with Crippen molar-refractivity contribution in [1.82, 2.24) is 5.32 Å². The summed E-state index contributed by atoms with van der Waals surface area (Å²) in [6.45, 7) is 1.94. The van der Waals surface area contributed by atoms with Crippen molar-refractivity contribution in [2.75, 3.05) is 5.32 Å². The molecule has 1 aliphatic rings. The number of carbonyl (C=O) groups is 3. The molecule has 0 radical (unpaired) electrons. The van der Waals surface area contributed by atoms with Crippen LogP contribution in [0, 0.1) is 6.92 Å². The van der Waals surface area contributed by atoms with Crippen LogP contribution in [0.3, 0.4) is 0 Å². The normalized spacial score (nSPS) is 16.3. The van der Waals surface area contributed by atoms with E-state index in [1.807, 2.05) is 37.3 Å². The number of nitrogens with one attached hydrogen (secondary N) is 2. The van der Waals surface area contributed by atoms with Gasteiger partial charge in [-0.15, -0.1) is 5.10 Å². The summed E-state index contributed by atoms with van der Waals surface area (Å²) in [6.07, 6.45) is 1.50. The highest BCUT2D eigenvalue weighted by atomic mass is 32.2. The van der Waals surface area contributed by atoms with Gasteiger partial charge in [-0.1, -0.05) is 59.8 Å². The summed E-state index contributed by atoms with van der Waals surface area (Å²) >= 11 is 1.15. The van der Waals surface area contributed by atoms with Gasteiger partial charge >= 0.3 is 5.97 Å². The van der Waals surface area contributed by atoms with Crippen LogP contribution in [-0.2, 0) is 9.59 Å². The molecule has 2 amide bonds. The number of aryl methyl sites for hydroxylation is 1. The second-order valence-corrected chi connectivity index (χ2v) is 8.88. The Morgan fingerprint density at radius 1 is 1.06 bits per heavy atom. The van der Waals surface area contributed by atoms with Crippen LogP contribution in [-0.4, -0.2) is 34.4 Å². The molecule has 8 nitrogen and oxygen atoms in total. The van der Waals surface area contributed by atoms with E-state index in [9.17, 15) is 14.4 Å². The number of anilines is 1. The Bertz CT molecular complexity index is 1290. The Morgan fingerprint density at radius 3 is 2.60 bits per heavy atom. The van der Waals surface area contributed by atoms with Crippen molar-refractivity contribution < 1.29 is 19.1 Å². The number of esters is 1. The van der Waals surface area contributed by atoms with Crippen molar-refractivity contribution >= 4 is 46.6 Å². The number of thioether (sulfide) groups is 1. The minimum absolute atomic E-state index is 0.0164. The molecule has 1 atom stereocenters. The van der Waals surface area contributed by atoms with Crippen molar-refractivity contribution in [3.63, 3.8) is 0 Å². The van der Waals surface area contributed by atoms with Gasteiger partial charge in [0.1, 0.15) is 11.0 Å². The van der Waals surface area contributed by atoms with Crippen molar-refractivity contribution in [3.05, 3.63) is 95.6 Å². The molecule has 0 aliphatic carbocycles. The van der Waals surface area contributed by atoms with Crippen molar-refractivity contribution in [2.45, 2.75) is 18.6 Å². The van der Waals surface area contributed by atoms with Gasteiger partial charge in [0.25, 0.3) is 0 Å². The van der Waals surface area contributed by atoms with Gasteiger partial charge < -0.3 is 15.4 Å². The number of amidine groups is 1. The third kappa shape index (κ3) is 6.87. The summed E-state index contributed by atoms with van der Waals surface area (Å²) in [6, 6.07) is 23.0. The fourth-order valence-corrected chi connectivity index (χ4v) is 4.07. The molecule has 3 aromatic rings. The zero-order valence-electron chi connectivity index (χ0n) is 18.8. The topological polar surface area (TPSA) is 109 Å². The molecule has 4 rings (SSSR count). The lowest BCUT2D eigenvalue weighted by Crippen LogP contribution is -2.28. The molecule has 0 bridgehead atoms. The van der Waals surface area contributed by atoms with Gasteiger partial charge in [0.2, 0.25) is 11.8 Å². The SMILES string of the molecule is Cc1ccc(C(=O)Oc2cccc(/C=N/N=C3\NC(=O)C(CC(=O)Nc4ccccc4)S3)c2)cc1. The molecule has 35 heavy (non-hydrogen) atoms. The van der Waals surface area contributed by atoms with Crippen molar-refractivity contribution in [1.29, 1.82) is 0 Å². The second-order valence-electron chi connectivity index (χ2n) is 7.69. The molecule has 0 saturated carbocycles. The number of carbonyl (C=O) groups excluding carboxylic acids is 3. The van der Waals surface area contributed by atoms with E-state index < -0.39 is 11.2 Å². The first-order valence-electron chi connectivity index (χ1n) is 10.8. The van der Waals surface area contributed by atoms with E-state index in [0.717, 1.165) is 17.3 Å². The molecule has 1 heterocycles. The lowest BCUT2D eigenvalue weighted by atomic mass is 10.1. The summed E-state index contributed by atoms with van der Waals surface area (Å²) in [5, 5.41) is 13.2. The Morgan fingerprint density at radius 2 is 1.83 bits per heavy atom. The van der Waals surface area contributed by atoms with Gasteiger partial charge in [-0.05, 0) is 48.9 Å². The highest BCUT2D eigenvalue weighted by Gasteiger charge is 2.32. The number of hydrogen-bond acceptors (Lipinski definition) is 7. The maximum atomic E-state index is 12.3. The number of hydrogen-bond donors (Lipinski definition) is 2. The molecule has 1 fully saturated rings.